The van der Waals surface area contributed by atoms with Gasteiger partial charge in [-0.25, -0.2) is 0 Å². The van der Waals surface area contributed by atoms with Crippen molar-refractivity contribution < 1.29 is 20.1 Å². The highest BCUT2D eigenvalue weighted by Gasteiger charge is 2.16. The summed E-state index contributed by atoms with van der Waals surface area (Å²) in [5, 5.41) is 30.1. The van der Waals surface area contributed by atoms with Crippen LogP contribution < -0.4 is 5.32 Å². The summed E-state index contributed by atoms with van der Waals surface area (Å²) in [6.07, 6.45) is 0.261. The number of benzene rings is 1. The first-order chi connectivity index (χ1) is 7.54. The Hall–Kier alpha value is -1.75. The monoisotopic (exact) mass is 225 g/mol. The molecule has 0 radical (unpaired) electrons. The van der Waals surface area contributed by atoms with Crippen LogP contribution in [0.4, 0.5) is 0 Å². The van der Waals surface area contributed by atoms with Crippen molar-refractivity contribution in [1.82, 2.24) is 5.32 Å². The van der Waals surface area contributed by atoms with E-state index in [1.165, 1.54) is 12.1 Å². The SMILES string of the molecule is CCNC(Cc1ccc(O)c(O)c1)C(=O)O. The molecule has 0 saturated carbocycles. The Bertz CT molecular complexity index is 378. The van der Waals surface area contributed by atoms with Gasteiger partial charge in [-0.05, 0) is 30.7 Å². The van der Waals surface area contributed by atoms with Crippen molar-refractivity contribution in [3.8, 4) is 11.5 Å². The quantitative estimate of drug-likeness (QED) is 0.554. The van der Waals surface area contributed by atoms with Crippen molar-refractivity contribution in [2.75, 3.05) is 6.54 Å². The van der Waals surface area contributed by atoms with E-state index in [-0.39, 0.29) is 17.9 Å². The number of hydrogen-bond donors (Lipinski definition) is 4. The second kappa shape index (κ2) is 5.37. The van der Waals surface area contributed by atoms with E-state index in [9.17, 15) is 9.90 Å². The smallest absolute Gasteiger partial charge is 0.321 e. The van der Waals surface area contributed by atoms with Gasteiger partial charge in [-0.1, -0.05) is 13.0 Å². The Kier molecular flexibility index (Phi) is 4.13. The van der Waals surface area contributed by atoms with E-state index in [1.54, 1.807) is 6.07 Å². The number of phenols is 2. The lowest BCUT2D eigenvalue weighted by atomic mass is 10.1. The molecule has 0 aliphatic rings. The minimum absolute atomic E-state index is 0.209. The third-order valence-electron chi connectivity index (χ3n) is 2.23. The molecule has 5 heteroatoms. The van der Waals surface area contributed by atoms with Gasteiger partial charge >= 0.3 is 5.97 Å². The molecule has 1 aromatic rings. The van der Waals surface area contributed by atoms with Crippen LogP contribution in [0.25, 0.3) is 0 Å². The maximum atomic E-state index is 10.9. The molecule has 0 heterocycles. The van der Waals surface area contributed by atoms with Crippen LogP contribution in [-0.4, -0.2) is 33.9 Å². The van der Waals surface area contributed by atoms with Crippen molar-refractivity contribution in [1.29, 1.82) is 0 Å². The van der Waals surface area contributed by atoms with Crippen LogP contribution in [0.5, 0.6) is 11.5 Å². The molecule has 1 aromatic carbocycles. The maximum Gasteiger partial charge on any atom is 0.321 e. The number of carbonyl (C=O) groups is 1. The van der Waals surface area contributed by atoms with Gasteiger partial charge in [0.05, 0.1) is 0 Å². The summed E-state index contributed by atoms with van der Waals surface area (Å²) in [4.78, 5) is 10.9. The van der Waals surface area contributed by atoms with Gasteiger partial charge in [0.2, 0.25) is 0 Å². The zero-order valence-corrected chi connectivity index (χ0v) is 8.97. The first-order valence-corrected chi connectivity index (χ1v) is 5.01. The predicted octanol–water partition coefficient (Wildman–Crippen LogP) is 0.703. The molecule has 0 fully saturated rings. The van der Waals surface area contributed by atoms with Gasteiger partial charge in [0.15, 0.2) is 11.5 Å². The molecule has 0 amide bonds. The molecule has 16 heavy (non-hydrogen) atoms. The summed E-state index contributed by atoms with van der Waals surface area (Å²) >= 11 is 0. The molecular formula is C11H15NO4. The molecule has 0 bridgehead atoms. The molecule has 88 valence electrons. The fraction of sp³-hybridized carbons (Fsp3) is 0.364. The molecule has 1 unspecified atom stereocenters. The number of nitrogens with one attached hydrogen (secondary N) is 1. The van der Waals surface area contributed by atoms with Gasteiger partial charge < -0.3 is 20.6 Å². The molecule has 0 saturated heterocycles. The summed E-state index contributed by atoms with van der Waals surface area (Å²) < 4.78 is 0. The Balaban J connectivity index is 2.77. The van der Waals surface area contributed by atoms with Crippen LogP contribution in [0.1, 0.15) is 12.5 Å². The summed E-state index contributed by atoms with van der Waals surface area (Å²) in [5.41, 5.74) is 0.656. The number of aliphatic carboxylic acids is 1. The van der Waals surface area contributed by atoms with Gasteiger partial charge in [0.25, 0.3) is 0 Å². The lowest BCUT2D eigenvalue weighted by Gasteiger charge is -2.13. The Morgan fingerprint density at radius 1 is 1.38 bits per heavy atom. The molecule has 0 aliphatic carbocycles. The van der Waals surface area contributed by atoms with Gasteiger partial charge in [0.1, 0.15) is 6.04 Å². The number of aromatic hydroxyl groups is 2. The van der Waals surface area contributed by atoms with E-state index >= 15 is 0 Å². The van der Waals surface area contributed by atoms with Gasteiger partial charge in [-0.2, -0.15) is 0 Å². The zero-order valence-electron chi connectivity index (χ0n) is 8.97. The van der Waals surface area contributed by atoms with E-state index in [2.05, 4.69) is 5.32 Å². The third-order valence-corrected chi connectivity index (χ3v) is 2.23. The van der Waals surface area contributed by atoms with E-state index in [4.69, 9.17) is 10.2 Å². The number of likely N-dealkylation sites (N-methyl/N-ethyl adjacent to an activating group) is 1. The highest BCUT2D eigenvalue weighted by molar-refractivity contribution is 5.74. The van der Waals surface area contributed by atoms with E-state index in [0.29, 0.717) is 12.1 Å². The van der Waals surface area contributed by atoms with Crippen LogP contribution >= 0.6 is 0 Å². The van der Waals surface area contributed by atoms with Crippen LogP contribution in [0, 0.1) is 0 Å². The highest BCUT2D eigenvalue weighted by atomic mass is 16.4. The zero-order chi connectivity index (χ0) is 12.1. The van der Waals surface area contributed by atoms with Crippen molar-refractivity contribution in [3.63, 3.8) is 0 Å². The van der Waals surface area contributed by atoms with Crippen molar-refractivity contribution in [3.05, 3.63) is 23.8 Å². The van der Waals surface area contributed by atoms with Gasteiger partial charge in [-0.3, -0.25) is 4.79 Å². The third kappa shape index (κ3) is 3.13. The molecule has 0 aromatic heterocycles. The second-order valence-corrected chi connectivity index (χ2v) is 3.48. The molecule has 4 N–H and O–H groups in total. The lowest BCUT2D eigenvalue weighted by molar-refractivity contribution is -0.139. The molecular weight excluding hydrogens is 210 g/mol. The highest BCUT2D eigenvalue weighted by Crippen LogP contribution is 2.25. The average molecular weight is 225 g/mol. The van der Waals surface area contributed by atoms with Crippen LogP contribution in [-0.2, 0) is 11.2 Å². The number of carboxylic acids is 1. The normalized spacial score (nSPS) is 12.3. The summed E-state index contributed by atoms with van der Waals surface area (Å²) in [6.45, 7) is 2.38. The summed E-state index contributed by atoms with van der Waals surface area (Å²) in [5.74, 6) is -1.38. The summed E-state index contributed by atoms with van der Waals surface area (Å²) in [6, 6.07) is 3.61. The van der Waals surface area contributed by atoms with E-state index in [0.717, 1.165) is 0 Å². The Morgan fingerprint density at radius 3 is 2.56 bits per heavy atom. The standard InChI is InChI=1S/C11H15NO4/c1-2-12-8(11(15)16)5-7-3-4-9(13)10(14)6-7/h3-4,6,8,12-14H,2,5H2,1H3,(H,15,16). The number of carboxylic acid groups (broad SMARTS) is 1. The fourth-order valence-corrected chi connectivity index (χ4v) is 1.42. The van der Waals surface area contributed by atoms with Gasteiger partial charge in [0, 0.05) is 0 Å². The molecule has 5 nitrogen and oxygen atoms in total. The van der Waals surface area contributed by atoms with Gasteiger partial charge in [-0.15, -0.1) is 0 Å². The first kappa shape index (κ1) is 12.3. The minimum Gasteiger partial charge on any atom is -0.504 e. The lowest BCUT2D eigenvalue weighted by Crippen LogP contribution is -2.38. The maximum absolute atomic E-state index is 10.9. The Morgan fingerprint density at radius 2 is 2.06 bits per heavy atom. The second-order valence-electron chi connectivity index (χ2n) is 3.48. The first-order valence-electron chi connectivity index (χ1n) is 5.01. The summed E-state index contributed by atoms with van der Waals surface area (Å²) in [7, 11) is 0. The van der Waals surface area contributed by atoms with Crippen LogP contribution in [0.3, 0.4) is 0 Å². The van der Waals surface area contributed by atoms with Crippen molar-refractivity contribution in [2.24, 2.45) is 0 Å². The molecule has 1 rings (SSSR count). The molecule has 0 aliphatic heterocycles. The molecule has 0 spiro atoms. The van der Waals surface area contributed by atoms with Crippen LogP contribution in [0.2, 0.25) is 0 Å². The minimum atomic E-state index is -0.936. The van der Waals surface area contributed by atoms with E-state index < -0.39 is 12.0 Å². The topological polar surface area (TPSA) is 89.8 Å². The predicted molar refractivity (Wildman–Crippen MR) is 58.6 cm³/mol. The van der Waals surface area contributed by atoms with E-state index in [1.807, 2.05) is 6.92 Å². The number of phenolic OH excluding ortho intramolecular Hbond substituents is 2. The largest absolute Gasteiger partial charge is 0.504 e. The van der Waals surface area contributed by atoms with Crippen molar-refractivity contribution in [2.45, 2.75) is 19.4 Å². The Labute approximate surface area is 93.4 Å². The molecule has 1 atom stereocenters. The number of rotatable bonds is 5. The number of hydrogen-bond acceptors (Lipinski definition) is 4. The fourth-order valence-electron chi connectivity index (χ4n) is 1.42. The van der Waals surface area contributed by atoms with Crippen LogP contribution in [0.15, 0.2) is 18.2 Å². The average Bonchev–Trinajstić information content (AvgIpc) is 2.22. The van der Waals surface area contributed by atoms with Crippen molar-refractivity contribution >= 4 is 5.97 Å².